The standard InChI is InChI=1S/C19H27N3OS/c1-14-10-11-16(13-17(14)22-12-6-9-18(22)23)21-19(24)20-15-7-4-2-3-5-8-15/h10-11,13,15H,2-9,12H2,1H3,(H2,20,21,24). The molecule has 1 saturated carbocycles. The number of amides is 1. The maximum atomic E-state index is 12.0. The Balaban J connectivity index is 1.64. The molecule has 5 heteroatoms. The highest BCUT2D eigenvalue weighted by Gasteiger charge is 2.23. The largest absolute Gasteiger partial charge is 0.360 e. The normalized spacial score (nSPS) is 19.2. The van der Waals surface area contributed by atoms with Crippen LogP contribution < -0.4 is 15.5 Å². The number of anilines is 2. The molecule has 1 aromatic rings. The second kappa shape index (κ2) is 7.97. The quantitative estimate of drug-likeness (QED) is 0.639. The second-order valence-corrected chi connectivity index (χ2v) is 7.35. The molecule has 0 radical (unpaired) electrons. The van der Waals surface area contributed by atoms with Gasteiger partial charge in [0, 0.05) is 30.4 Å². The molecule has 0 unspecified atom stereocenters. The second-order valence-electron chi connectivity index (χ2n) is 6.94. The minimum Gasteiger partial charge on any atom is -0.360 e. The zero-order valence-corrected chi connectivity index (χ0v) is 15.3. The van der Waals surface area contributed by atoms with E-state index in [0.717, 1.165) is 29.9 Å². The molecular formula is C19H27N3OS. The van der Waals surface area contributed by atoms with Gasteiger partial charge in [0.05, 0.1) is 0 Å². The molecule has 1 saturated heterocycles. The minimum absolute atomic E-state index is 0.217. The van der Waals surface area contributed by atoms with Gasteiger partial charge in [-0.15, -0.1) is 0 Å². The Morgan fingerprint density at radius 1 is 1.17 bits per heavy atom. The molecule has 1 aromatic carbocycles. The third kappa shape index (κ3) is 4.26. The number of hydrogen-bond acceptors (Lipinski definition) is 2. The topological polar surface area (TPSA) is 44.4 Å². The summed E-state index contributed by atoms with van der Waals surface area (Å²) in [7, 11) is 0. The van der Waals surface area contributed by atoms with Crippen LogP contribution in [0.15, 0.2) is 18.2 Å². The first-order valence-corrected chi connectivity index (χ1v) is 9.53. The van der Waals surface area contributed by atoms with Gasteiger partial charge < -0.3 is 15.5 Å². The highest BCUT2D eigenvalue weighted by atomic mass is 32.1. The van der Waals surface area contributed by atoms with E-state index in [1.165, 1.54) is 38.5 Å². The van der Waals surface area contributed by atoms with Crippen LogP contribution in [0.25, 0.3) is 0 Å². The van der Waals surface area contributed by atoms with Crippen molar-refractivity contribution < 1.29 is 4.79 Å². The summed E-state index contributed by atoms with van der Waals surface area (Å²) in [5.74, 6) is 0.217. The van der Waals surface area contributed by atoms with Crippen molar-refractivity contribution in [1.29, 1.82) is 0 Å². The average molecular weight is 346 g/mol. The Morgan fingerprint density at radius 2 is 1.92 bits per heavy atom. The lowest BCUT2D eigenvalue weighted by molar-refractivity contribution is -0.117. The Bertz CT molecular complexity index is 609. The summed E-state index contributed by atoms with van der Waals surface area (Å²) in [6.07, 6.45) is 9.23. The molecule has 0 bridgehead atoms. The van der Waals surface area contributed by atoms with Gasteiger partial charge in [0.2, 0.25) is 5.91 Å². The van der Waals surface area contributed by atoms with E-state index >= 15 is 0 Å². The van der Waals surface area contributed by atoms with Gasteiger partial charge in [-0.1, -0.05) is 31.7 Å². The molecule has 2 N–H and O–H groups in total. The molecule has 0 atom stereocenters. The maximum Gasteiger partial charge on any atom is 0.227 e. The average Bonchev–Trinajstić information content (AvgIpc) is 2.81. The third-order valence-electron chi connectivity index (χ3n) is 5.02. The highest BCUT2D eigenvalue weighted by molar-refractivity contribution is 7.80. The molecule has 0 aromatic heterocycles. The van der Waals surface area contributed by atoms with E-state index in [-0.39, 0.29) is 5.91 Å². The number of carbonyl (C=O) groups is 1. The van der Waals surface area contributed by atoms with Gasteiger partial charge in [0.25, 0.3) is 0 Å². The van der Waals surface area contributed by atoms with Crippen LogP contribution in [0.5, 0.6) is 0 Å². The van der Waals surface area contributed by atoms with Crippen LogP contribution in [0.3, 0.4) is 0 Å². The summed E-state index contributed by atoms with van der Waals surface area (Å²) >= 11 is 5.49. The summed E-state index contributed by atoms with van der Waals surface area (Å²) < 4.78 is 0. The van der Waals surface area contributed by atoms with E-state index in [1.54, 1.807) is 0 Å². The lowest BCUT2D eigenvalue weighted by Crippen LogP contribution is -2.37. The van der Waals surface area contributed by atoms with Gasteiger partial charge in [-0.05, 0) is 56.1 Å². The van der Waals surface area contributed by atoms with Gasteiger partial charge in [-0.25, -0.2) is 0 Å². The first kappa shape index (κ1) is 17.2. The number of carbonyl (C=O) groups excluding carboxylic acids is 1. The molecule has 1 amide bonds. The van der Waals surface area contributed by atoms with Gasteiger partial charge >= 0.3 is 0 Å². The maximum absolute atomic E-state index is 12.0. The van der Waals surface area contributed by atoms with Crippen molar-refractivity contribution in [1.82, 2.24) is 5.32 Å². The fourth-order valence-electron chi connectivity index (χ4n) is 3.66. The molecule has 0 spiro atoms. The predicted octanol–water partition coefficient (Wildman–Crippen LogP) is 4.13. The van der Waals surface area contributed by atoms with E-state index in [4.69, 9.17) is 12.2 Å². The van der Waals surface area contributed by atoms with Crippen molar-refractivity contribution in [3.8, 4) is 0 Å². The fraction of sp³-hybridized carbons (Fsp3) is 0.579. The van der Waals surface area contributed by atoms with Crippen molar-refractivity contribution in [3.63, 3.8) is 0 Å². The first-order valence-electron chi connectivity index (χ1n) is 9.12. The lowest BCUT2D eigenvalue weighted by atomic mass is 10.1. The molecule has 4 nitrogen and oxygen atoms in total. The number of thiocarbonyl (C=S) groups is 1. The van der Waals surface area contributed by atoms with Crippen molar-refractivity contribution >= 4 is 34.6 Å². The van der Waals surface area contributed by atoms with E-state index in [0.29, 0.717) is 17.6 Å². The van der Waals surface area contributed by atoms with Gasteiger partial charge in [-0.2, -0.15) is 0 Å². The van der Waals surface area contributed by atoms with Crippen molar-refractivity contribution in [2.24, 2.45) is 0 Å². The van der Waals surface area contributed by atoms with E-state index in [9.17, 15) is 4.79 Å². The Labute approximate surface area is 150 Å². The molecule has 1 aliphatic carbocycles. The summed E-state index contributed by atoms with van der Waals surface area (Å²) in [5.41, 5.74) is 3.07. The zero-order valence-electron chi connectivity index (χ0n) is 14.4. The number of benzene rings is 1. The Kier molecular flexibility index (Phi) is 5.72. The van der Waals surface area contributed by atoms with Crippen molar-refractivity contribution in [3.05, 3.63) is 23.8 Å². The van der Waals surface area contributed by atoms with E-state index in [1.807, 2.05) is 24.0 Å². The number of nitrogens with zero attached hydrogens (tertiary/aromatic N) is 1. The molecular weight excluding hydrogens is 318 g/mol. The SMILES string of the molecule is Cc1ccc(NC(=S)NC2CCCCCC2)cc1N1CCCC1=O. The van der Waals surface area contributed by atoms with Crippen LogP contribution in [0.4, 0.5) is 11.4 Å². The molecule has 2 aliphatic rings. The molecule has 1 aliphatic heterocycles. The molecule has 24 heavy (non-hydrogen) atoms. The number of rotatable bonds is 3. The fourth-order valence-corrected chi connectivity index (χ4v) is 3.94. The van der Waals surface area contributed by atoms with Crippen LogP contribution in [-0.2, 0) is 4.79 Å². The molecule has 3 rings (SSSR count). The van der Waals surface area contributed by atoms with Crippen LogP contribution in [0.1, 0.15) is 56.9 Å². The minimum atomic E-state index is 0.217. The van der Waals surface area contributed by atoms with Crippen molar-refractivity contribution in [2.75, 3.05) is 16.8 Å². The Morgan fingerprint density at radius 3 is 2.58 bits per heavy atom. The molecule has 130 valence electrons. The van der Waals surface area contributed by atoms with Gasteiger partial charge in [0.1, 0.15) is 0 Å². The van der Waals surface area contributed by atoms with Gasteiger partial charge in [-0.3, -0.25) is 4.79 Å². The van der Waals surface area contributed by atoms with E-state index in [2.05, 4.69) is 16.7 Å². The van der Waals surface area contributed by atoms with Crippen LogP contribution in [-0.4, -0.2) is 23.6 Å². The Hall–Kier alpha value is -1.62. The number of nitrogens with one attached hydrogen (secondary N) is 2. The van der Waals surface area contributed by atoms with E-state index < -0.39 is 0 Å². The molecule has 1 heterocycles. The summed E-state index contributed by atoms with van der Waals surface area (Å²) in [6.45, 7) is 2.86. The lowest BCUT2D eigenvalue weighted by Gasteiger charge is -2.21. The smallest absolute Gasteiger partial charge is 0.227 e. The summed E-state index contributed by atoms with van der Waals surface area (Å²) in [4.78, 5) is 13.9. The van der Waals surface area contributed by atoms with Crippen LogP contribution >= 0.6 is 12.2 Å². The third-order valence-corrected chi connectivity index (χ3v) is 5.24. The monoisotopic (exact) mass is 345 g/mol. The predicted molar refractivity (Wildman–Crippen MR) is 104 cm³/mol. The van der Waals surface area contributed by atoms with Crippen molar-refractivity contribution in [2.45, 2.75) is 64.3 Å². The summed E-state index contributed by atoms with van der Waals surface area (Å²) in [5, 5.41) is 7.44. The summed E-state index contributed by atoms with van der Waals surface area (Å²) in [6, 6.07) is 6.61. The number of hydrogen-bond donors (Lipinski definition) is 2. The molecule has 2 fully saturated rings. The van der Waals surface area contributed by atoms with Gasteiger partial charge in [0.15, 0.2) is 5.11 Å². The zero-order chi connectivity index (χ0) is 16.9. The number of aryl methyl sites for hydroxylation is 1. The first-order chi connectivity index (χ1) is 11.6. The van der Waals surface area contributed by atoms with Crippen LogP contribution in [0, 0.1) is 6.92 Å². The van der Waals surface area contributed by atoms with Crippen LogP contribution in [0.2, 0.25) is 0 Å². The highest BCUT2D eigenvalue weighted by Crippen LogP contribution is 2.28.